The van der Waals surface area contributed by atoms with Crippen molar-refractivity contribution in [1.29, 1.82) is 0 Å². The molecule has 2 nitrogen and oxygen atoms in total. The van der Waals surface area contributed by atoms with Crippen LogP contribution < -0.4 is 4.90 Å². The Balaban J connectivity index is 1.38. The first-order chi connectivity index (χ1) is 19.1. The Morgan fingerprint density at radius 2 is 1.21 bits per heavy atom. The van der Waals surface area contributed by atoms with Gasteiger partial charge in [-0.1, -0.05) is 98.8 Å². The van der Waals surface area contributed by atoms with Gasteiger partial charge in [-0.15, -0.1) is 0 Å². The third-order valence-electron chi connectivity index (χ3n) is 8.46. The summed E-state index contributed by atoms with van der Waals surface area (Å²) < 4.78 is 6.42. The fourth-order valence-corrected chi connectivity index (χ4v) is 6.55. The highest BCUT2D eigenvalue weighted by atomic mass is 16.3. The summed E-state index contributed by atoms with van der Waals surface area (Å²) in [7, 11) is 0. The zero-order valence-corrected chi connectivity index (χ0v) is 22.0. The van der Waals surface area contributed by atoms with Gasteiger partial charge in [-0.3, -0.25) is 0 Å². The highest BCUT2D eigenvalue weighted by Crippen LogP contribution is 2.51. The van der Waals surface area contributed by atoms with Gasteiger partial charge in [0.25, 0.3) is 0 Å². The molecule has 0 saturated carbocycles. The highest BCUT2D eigenvalue weighted by molar-refractivity contribution is 6.17. The first-order valence-corrected chi connectivity index (χ1v) is 13.5. The summed E-state index contributed by atoms with van der Waals surface area (Å²) in [5.74, 6) is 0. The second-order valence-corrected chi connectivity index (χ2v) is 11.0. The van der Waals surface area contributed by atoms with E-state index in [9.17, 15) is 0 Å². The molecule has 0 amide bonds. The molecule has 1 heterocycles. The van der Waals surface area contributed by atoms with Crippen molar-refractivity contribution >= 4 is 49.8 Å². The van der Waals surface area contributed by atoms with Gasteiger partial charge in [0.05, 0.1) is 5.69 Å². The van der Waals surface area contributed by atoms with Gasteiger partial charge in [0.2, 0.25) is 0 Å². The van der Waals surface area contributed by atoms with Gasteiger partial charge in [-0.2, -0.15) is 0 Å². The summed E-state index contributed by atoms with van der Waals surface area (Å²) in [6, 6.07) is 45.7. The molecule has 1 aromatic heterocycles. The van der Waals surface area contributed by atoms with Crippen LogP contribution in [0.3, 0.4) is 0 Å². The Bertz CT molecular complexity index is 2050. The Morgan fingerprint density at radius 1 is 0.513 bits per heavy atom. The molecule has 0 radical (unpaired) electrons. The van der Waals surface area contributed by atoms with E-state index < -0.39 is 0 Å². The number of furan rings is 1. The van der Waals surface area contributed by atoms with Crippen LogP contribution in [-0.4, -0.2) is 0 Å². The Labute approximate surface area is 227 Å². The van der Waals surface area contributed by atoms with E-state index >= 15 is 0 Å². The average molecular weight is 502 g/mol. The summed E-state index contributed by atoms with van der Waals surface area (Å²) in [6.07, 6.45) is 0. The number of benzene rings is 6. The summed E-state index contributed by atoms with van der Waals surface area (Å²) in [5.41, 5.74) is 10.6. The summed E-state index contributed by atoms with van der Waals surface area (Å²) >= 11 is 0. The van der Waals surface area contributed by atoms with Gasteiger partial charge in [-0.25, -0.2) is 0 Å². The SMILES string of the molecule is CC1(C)c2ccccc2-c2ccc(N(c3ccccc3)c3cccc4c3ccc3c5ccccc5oc43)cc21. The maximum Gasteiger partial charge on any atom is 0.143 e. The van der Waals surface area contributed by atoms with E-state index in [1.807, 2.05) is 12.1 Å². The van der Waals surface area contributed by atoms with E-state index in [2.05, 4.69) is 134 Å². The van der Waals surface area contributed by atoms with Crippen molar-refractivity contribution in [2.75, 3.05) is 4.90 Å². The molecular formula is C37H27NO. The maximum absolute atomic E-state index is 6.42. The predicted molar refractivity (Wildman–Crippen MR) is 163 cm³/mol. The van der Waals surface area contributed by atoms with Crippen LogP contribution in [0.15, 0.2) is 132 Å². The van der Waals surface area contributed by atoms with Gasteiger partial charge in [-0.05, 0) is 64.7 Å². The highest BCUT2D eigenvalue weighted by Gasteiger charge is 2.35. The standard InChI is InChI=1S/C37H27NO/c1-37(2)32-16-8-6-13-26(32)27-20-19-25(23-33(27)37)38(24-11-4-3-5-12-24)34-17-10-15-30-28(34)21-22-31-29-14-7-9-18-35(29)39-36(30)31/h3-23H,1-2H3. The third-order valence-corrected chi connectivity index (χ3v) is 8.46. The van der Waals surface area contributed by atoms with Gasteiger partial charge >= 0.3 is 0 Å². The molecule has 186 valence electrons. The molecule has 1 aliphatic carbocycles. The largest absolute Gasteiger partial charge is 0.455 e. The zero-order chi connectivity index (χ0) is 26.1. The molecule has 8 rings (SSSR count). The van der Waals surface area contributed by atoms with Gasteiger partial charge < -0.3 is 9.32 Å². The van der Waals surface area contributed by atoms with Crippen LogP contribution in [0.25, 0.3) is 43.8 Å². The van der Waals surface area contributed by atoms with Crippen molar-refractivity contribution < 1.29 is 4.42 Å². The zero-order valence-electron chi connectivity index (χ0n) is 22.0. The quantitative estimate of drug-likeness (QED) is 0.239. The lowest BCUT2D eigenvalue weighted by Gasteiger charge is -2.29. The van der Waals surface area contributed by atoms with E-state index in [4.69, 9.17) is 4.42 Å². The van der Waals surface area contributed by atoms with E-state index in [0.717, 1.165) is 49.8 Å². The van der Waals surface area contributed by atoms with Crippen LogP contribution in [0.4, 0.5) is 17.1 Å². The number of fused-ring (bicyclic) bond motifs is 8. The summed E-state index contributed by atoms with van der Waals surface area (Å²) in [4.78, 5) is 2.39. The third kappa shape index (κ3) is 3.15. The number of nitrogens with zero attached hydrogens (tertiary/aromatic N) is 1. The predicted octanol–water partition coefficient (Wildman–Crippen LogP) is 10.5. The van der Waals surface area contributed by atoms with Crippen molar-refractivity contribution in [3.63, 3.8) is 0 Å². The molecule has 7 aromatic rings. The number of hydrogen-bond acceptors (Lipinski definition) is 2. The maximum atomic E-state index is 6.42. The molecule has 0 N–H and O–H groups in total. The van der Waals surface area contributed by atoms with Crippen molar-refractivity contribution in [3.8, 4) is 11.1 Å². The van der Waals surface area contributed by atoms with Crippen molar-refractivity contribution in [2.24, 2.45) is 0 Å². The molecule has 0 saturated heterocycles. The lowest BCUT2D eigenvalue weighted by Crippen LogP contribution is -2.16. The molecule has 1 aliphatic rings. The molecule has 0 spiro atoms. The molecule has 2 heteroatoms. The first kappa shape index (κ1) is 22.2. The molecule has 6 aromatic carbocycles. The lowest BCUT2D eigenvalue weighted by molar-refractivity contribution is 0.660. The van der Waals surface area contributed by atoms with Crippen LogP contribution in [0.1, 0.15) is 25.0 Å². The molecule has 0 bridgehead atoms. The van der Waals surface area contributed by atoms with Gasteiger partial charge in [0, 0.05) is 38.3 Å². The fourth-order valence-electron chi connectivity index (χ4n) is 6.55. The Morgan fingerprint density at radius 3 is 2.10 bits per heavy atom. The van der Waals surface area contributed by atoms with E-state index in [-0.39, 0.29) is 5.41 Å². The van der Waals surface area contributed by atoms with Crippen molar-refractivity contribution in [1.82, 2.24) is 0 Å². The van der Waals surface area contributed by atoms with Crippen LogP contribution >= 0.6 is 0 Å². The number of hydrogen-bond donors (Lipinski definition) is 0. The number of para-hydroxylation sites is 2. The molecule has 39 heavy (non-hydrogen) atoms. The van der Waals surface area contributed by atoms with Crippen LogP contribution in [0.2, 0.25) is 0 Å². The minimum absolute atomic E-state index is 0.0660. The second-order valence-electron chi connectivity index (χ2n) is 11.0. The van der Waals surface area contributed by atoms with Gasteiger partial charge in [0.1, 0.15) is 11.2 Å². The first-order valence-electron chi connectivity index (χ1n) is 13.5. The average Bonchev–Trinajstić information content (AvgIpc) is 3.47. The van der Waals surface area contributed by atoms with Crippen LogP contribution in [0, 0.1) is 0 Å². The monoisotopic (exact) mass is 501 g/mol. The molecule has 0 atom stereocenters. The molecule has 0 fully saturated rings. The second kappa shape index (κ2) is 8.09. The summed E-state index contributed by atoms with van der Waals surface area (Å²) in [5, 5.41) is 4.59. The van der Waals surface area contributed by atoms with Crippen molar-refractivity contribution in [2.45, 2.75) is 19.3 Å². The minimum atomic E-state index is -0.0660. The van der Waals surface area contributed by atoms with Gasteiger partial charge in [0.15, 0.2) is 0 Å². The van der Waals surface area contributed by atoms with E-state index in [1.54, 1.807) is 0 Å². The summed E-state index contributed by atoms with van der Waals surface area (Å²) in [6.45, 7) is 4.68. The molecule has 0 unspecified atom stereocenters. The van der Waals surface area contributed by atoms with Crippen LogP contribution in [0.5, 0.6) is 0 Å². The van der Waals surface area contributed by atoms with Crippen molar-refractivity contribution in [3.05, 3.63) is 139 Å². The number of anilines is 3. The Kier molecular flexibility index (Phi) is 4.60. The molecule has 0 aliphatic heterocycles. The topological polar surface area (TPSA) is 16.4 Å². The fraction of sp³-hybridized carbons (Fsp3) is 0.0811. The van der Waals surface area contributed by atoms with Crippen LogP contribution in [-0.2, 0) is 5.41 Å². The normalized spacial score (nSPS) is 13.6. The van der Waals surface area contributed by atoms with E-state index in [1.165, 1.54) is 22.3 Å². The number of rotatable bonds is 3. The minimum Gasteiger partial charge on any atom is -0.455 e. The molecular weight excluding hydrogens is 474 g/mol. The smallest absolute Gasteiger partial charge is 0.143 e. The van der Waals surface area contributed by atoms with E-state index in [0.29, 0.717) is 0 Å². The lowest BCUT2D eigenvalue weighted by atomic mass is 9.82. The Hall–Kier alpha value is -4.82.